The molecule has 196 valence electrons. The van der Waals surface area contributed by atoms with Crippen molar-refractivity contribution >= 4 is 23.8 Å². The van der Waals surface area contributed by atoms with E-state index in [1.807, 2.05) is 32.9 Å². The van der Waals surface area contributed by atoms with Crippen molar-refractivity contribution in [3.8, 4) is 0 Å². The van der Waals surface area contributed by atoms with E-state index < -0.39 is 48.1 Å². The number of nitrogens with one attached hydrogen (secondary N) is 2. The van der Waals surface area contributed by atoms with Crippen molar-refractivity contribution in [2.45, 2.75) is 104 Å². The van der Waals surface area contributed by atoms with Gasteiger partial charge in [0.2, 0.25) is 17.7 Å². The highest BCUT2D eigenvalue weighted by molar-refractivity contribution is 5.94. The number of aryl methyl sites for hydroxylation is 1. The van der Waals surface area contributed by atoms with Gasteiger partial charge in [-0.1, -0.05) is 37.6 Å². The number of rotatable bonds is 11. The number of alkyl carbamates (subject to hydrolysis) is 1. The van der Waals surface area contributed by atoms with E-state index in [0.717, 1.165) is 18.4 Å². The fraction of sp³-hybridized carbons (Fsp3) is 0.615. The van der Waals surface area contributed by atoms with Crippen LogP contribution in [0.4, 0.5) is 4.79 Å². The third-order valence-corrected chi connectivity index (χ3v) is 5.33. The molecule has 3 atom stereocenters. The molecule has 0 aromatic heterocycles. The van der Waals surface area contributed by atoms with Gasteiger partial charge in [0.15, 0.2) is 0 Å². The lowest BCUT2D eigenvalue weighted by Crippen LogP contribution is -2.56. The fourth-order valence-corrected chi connectivity index (χ4v) is 3.85. The summed E-state index contributed by atoms with van der Waals surface area (Å²) < 4.78 is 5.28. The summed E-state index contributed by atoms with van der Waals surface area (Å²) in [6.07, 6.45) is 0.389. The zero-order valence-corrected chi connectivity index (χ0v) is 22.3. The number of primary amides is 1. The van der Waals surface area contributed by atoms with Gasteiger partial charge in [-0.2, -0.15) is 0 Å². The van der Waals surface area contributed by atoms with Gasteiger partial charge in [-0.25, -0.2) is 4.79 Å². The first-order valence-electron chi connectivity index (χ1n) is 12.1. The van der Waals surface area contributed by atoms with Crippen LogP contribution in [0.3, 0.4) is 0 Å². The van der Waals surface area contributed by atoms with Gasteiger partial charge < -0.3 is 26.0 Å². The standard InChI is InChI=1S/C26H42N4O5/c1-9-12-18(5)28-23(32)22(19-14-11-10-13-17(19)4)30(16(2)3)24(33)20(15-21(27)31)29-25(34)35-26(6,7)8/h10-11,13-14,16,18,20,22H,9,12,15H2,1-8H3,(H2,27,31)(H,28,32)(H,29,34). The van der Waals surface area contributed by atoms with Gasteiger partial charge in [-0.3, -0.25) is 14.4 Å². The SMILES string of the molecule is CCCC(C)NC(=O)C(c1ccccc1C)N(C(=O)C(CC(N)=O)NC(=O)OC(C)(C)C)C(C)C. The number of benzene rings is 1. The molecular weight excluding hydrogens is 448 g/mol. The lowest BCUT2D eigenvalue weighted by molar-refractivity contribution is -0.145. The maximum atomic E-state index is 13.8. The smallest absolute Gasteiger partial charge is 0.408 e. The van der Waals surface area contributed by atoms with E-state index in [2.05, 4.69) is 10.6 Å². The number of ether oxygens (including phenoxy) is 1. The van der Waals surface area contributed by atoms with Gasteiger partial charge in [0.05, 0.1) is 6.42 Å². The van der Waals surface area contributed by atoms with Crippen molar-refractivity contribution in [1.82, 2.24) is 15.5 Å². The van der Waals surface area contributed by atoms with Crippen LogP contribution < -0.4 is 16.4 Å². The summed E-state index contributed by atoms with van der Waals surface area (Å²) in [5.74, 6) is -1.70. The molecule has 4 N–H and O–H groups in total. The molecule has 1 rings (SSSR count). The van der Waals surface area contributed by atoms with E-state index in [-0.39, 0.29) is 11.9 Å². The predicted molar refractivity (Wildman–Crippen MR) is 135 cm³/mol. The second-order valence-corrected chi connectivity index (χ2v) is 10.2. The lowest BCUT2D eigenvalue weighted by atomic mass is 9.96. The molecule has 0 heterocycles. The minimum absolute atomic E-state index is 0.0931. The van der Waals surface area contributed by atoms with Crippen LogP contribution in [0, 0.1) is 6.92 Å². The molecule has 1 aromatic rings. The van der Waals surface area contributed by atoms with Crippen molar-refractivity contribution in [3.63, 3.8) is 0 Å². The van der Waals surface area contributed by atoms with Crippen molar-refractivity contribution in [2.75, 3.05) is 0 Å². The molecular formula is C26H42N4O5. The predicted octanol–water partition coefficient (Wildman–Crippen LogP) is 3.35. The second-order valence-electron chi connectivity index (χ2n) is 10.2. The maximum absolute atomic E-state index is 13.8. The average Bonchev–Trinajstić information content (AvgIpc) is 2.69. The Labute approximate surface area is 209 Å². The Morgan fingerprint density at radius 3 is 2.14 bits per heavy atom. The quantitative estimate of drug-likeness (QED) is 0.438. The number of nitrogens with two attached hydrogens (primary N) is 1. The number of carbonyl (C=O) groups excluding carboxylic acids is 4. The molecule has 0 fully saturated rings. The summed E-state index contributed by atoms with van der Waals surface area (Å²) in [5.41, 5.74) is 6.09. The Morgan fingerprint density at radius 2 is 1.66 bits per heavy atom. The third kappa shape index (κ3) is 9.58. The Kier molecular flexibility index (Phi) is 11.2. The Morgan fingerprint density at radius 1 is 1.06 bits per heavy atom. The molecule has 0 aliphatic rings. The number of carbonyl (C=O) groups is 4. The summed E-state index contributed by atoms with van der Waals surface area (Å²) in [5, 5.41) is 5.49. The van der Waals surface area contributed by atoms with Crippen LogP contribution in [0.5, 0.6) is 0 Å². The molecule has 0 aliphatic carbocycles. The average molecular weight is 491 g/mol. The monoisotopic (exact) mass is 490 g/mol. The summed E-state index contributed by atoms with van der Waals surface area (Å²) in [4.78, 5) is 53.1. The van der Waals surface area contributed by atoms with Crippen molar-refractivity contribution in [2.24, 2.45) is 5.73 Å². The second kappa shape index (κ2) is 13.1. The van der Waals surface area contributed by atoms with E-state index in [9.17, 15) is 19.2 Å². The zero-order valence-electron chi connectivity index (χ0n) is 22.3. The lowest BCUT2D eigenvalue weighted by Gasteiger charge is -2.38. The Bertz CT molecular complexity index is 894. The topological polar surface area (TPSA) is 131 Å². The summed E-state index contributed by atoms with van der Waals surface area (Å²) >= 11 is 0. The number of hydrogen-bond donors (Lipinski definition) is 3. The minimum atomic E-state index is -1.29. The molecule has 0 radical (unpaired) electrons. The van der Waals surface area contributed by atoms with E-state index in [1.165, 1.54) is 4.90 Å². The van der Waals surface area contributed by atoms with E-state index >= 15 is 0 Å². The van der Waals surface area contributed by atoms with E-state index in [4.69, 9.17) is 10.5 Å². The van der Waals surface area contributed by atoms with Crippen LogP contribution in [-0.4, -0.2) is 52.4 Å². The number of nitrogens with zero attached hydrogens (tertiary/aromatic N) is 1. The van der Waals surface area contributed by atoms with Crippen LogP contribution in [0.2, 0.25) is 0 Å². The first-order valence-corrected chi connectivity index (χ1v) is 12.1. The first kappa shape index (κ1) is 29.9. The molecule has 0 aliphatic heterocycles. The van der Waals surface area contributed by atoms with Crippen LogP contribution in [0.15, 0.2) is 24.3 Å². The van der Waals surface area contributed by atoms with Crippen LogP contribution >= 0.6 is 0 Å². The van der Waals surface area contributed by atoms with E-state index in [1.54, 1.807) is 46.8 Å². The molecule has 0 saturated heterocycles. The highest BCUT2D eigenvalue weighted by Gasteiger charge is 2.39. The number of hydrogen-bond acceptors (Lipinski definition) is 5. The molecule has 0 bridgehead atoms. The van der Waals surface area contributed by atoms with E-state index in [0.29, 0.717) is 5.56 Å². The van der Waals surface area contributed by atoms with Gasteiger partial charge in [0, 0.05) is 12.1 Å². The van der Waals surface area contributed by atoms with Crippen molar-refractivity contribution in [1.29, 1.82) is 0 Å². The molecule has 9 heteroatoms. The van der Waals surface area contributed by atoms with Crippen LogP contribution in [-0.2, 0) is 19.1 Å². The molecule has 9 nitrogen and oxygen atoms in total. The third-order valence-electron chi connectivity index (χ3n) is 5.33. The molecule has 3 unspecified atom stereocenters. The van der Waals surface area contributed by atoms with Crippen LogP contribution in [0.1, 0.15) is 84.9 Å². The highest BCUT2D eigenvalue weighted by atomic mass is 16.6. The molecule has 4 amide bonds. The van der Waals surface area contributed by atoms with Crippen molar-refractivity contribution in [3.05, 3.63) is 35.4 Å². The summed E-state index contributed by atoms with van der Waals surface area (Å²) in [7, 11) is 0. The Balaban J connectivity index is 3.48. The van der Waals surface area contributed by atoms with Gasteiger partial charge >= 0.3 is 6.09 Å². The normalized spacial score (nSPS) is 14.0. The molecule has 0 spiro atoms. The molecule has 35 heavy (non-hydrogen) atoms. The van der Waals surface area contributed by atoms with Crippen LogP contribution in [0.25, 0.3) is 0 Å². The minimum Gasteiger partial charge on any atom is -0.444 e. The summed E-state index contributed by atoms with van der Waals surface area (Å²) in [6.45, 7) is 14.4. The first-order chi connectivity index (χ1) is 16.2. The molecule has 0 saturated carbocycles. The van der Waals surface area contributed by atoms with Gasteiger partial charge in [-0.15, -0.1) is 0 Å². The largest absolute Gasteiger partial charge is 0.444 e. The highest BCUT2D eigenvalue weighted by Crippen LogP contribution is 2.28. The fourth-order valence-electron chi connectivity index (χ4n) is 3.85. The maximum Gasteiger partial charge on any atom is 0.408 e. The van der Waals surface area contributed by atoms with Crippen molar-refractivity contribution < 1.29 is 23.9 Å². The zero-order chi connectivity index (χ0) is 26.9. The van der Waals surface area contributed by atoms with Gasteiger partial charge in [0.1, 0.15) is 17.7 Å². The molecule has 1 aromatic carbocycles. The van der Waals surface area contributed by atoms with Gasteiger partial charge in [-0.05, 0) is 66.0 Å². The van der Waals surface area contributed by atoms with Gasteiger partial charge in [0.25, 0.3) is 0 Å². The summed E-state index contributed by atoms with van der Waals surface area (Å²) in [6, 6.07) is 4.54. The Hall–Kier alpha value is -3.10. The number of amides is 4.